The number of nitrogens with zero attached hydrogens (tertiary/aromatic N) is 2. The average molecular weight is 313 g/mol. The van der Waals surface area contributed by atoms with Crippen LogP contribution in [0.2, 0.25) is 10.0 Å². The normalized spacial score (nSPS) is 11.1. The van der Waals surface area contributed by atoms with E-state index in [-0.39, 0.29) is 5.56 Å². The Bertz CT molecular complexity index is 651. The van der Waals surface area contributed by atoms with Gasteiger partial charge in [0.2, 0.25) is 0 Å². The van der Waals surface area contributed by atoms with Gasteiger partial charge in [-0.05, 0) is 24.1 Å². The molecule has 0 aliphatic rings. The smallest absolute Gasteiger partial charge is 0.339 e. The van der Waals surface area contributed by atoms with Crippen molar-refractivity contribution in [2.45, 2.75) is 20.4 Å². The fourth-order valence-electron chi connectivity index (χ4n) is 1.92. The van der Waals surface area contributed by atoms with Gasteiger partial charge in [-0.25, -0.2) is 4.79 Å². The molecule has 0 aliphatic carbocycles. The number of rotatable bonds is 4. The Labute approximate surface area is 126 Å². The van der Waals surface area contributed by atoms with Gasteiger partial charge in [0.15, 0.2) is 0 Å². The number of benzene rings is 1. The number of carbonyl (C=O) groups is 1. The molecule has 106 valence electrons. The largest absolute Gasteiger partial charge is 0.478 e. The van der Waals surface area contributed by atoms with Crippen molar-refractivity contribution in [3.8, 4) is 11.3 Å². The van der Waals surface area contributed by atoms with Gasteiger partial charge in [-0.3, -0.25) is 4.68 Å². The predicted octanol–water partition coefficient (Wildman–Crippen LogP) is 4.21. The maximum absolute atomic E-state index is 11.4. The van der Waals surface area contributed by atoms with Crippen LogP contribution in [-0.4, -0.2) is 20.9 Å². The van der Waals surface area contributed by atoms with Crippen LogP contribution in [0.3, 0.4) is 0 Å². The lowest BCUT2D eigenvalue weighted by atomic mass is 10.1. The molecule has 0 amide bonds. The fourth-order valence-corrected chi connectivity index (χ4v) is 2.30. The van der Waals surface area contributed by atoms with Gasteiger partial charge < -0.3 is 5.11 Å². The van der Waals surface area contributed by atoms with E-state index in [4.69, 9.17) is 23.2 Å². The number of hydrogen-bond donors (Lipinski definition) is 1. The van der Waals surface area contributed by atoms with E-state index >= 15 is 0 Å². The highest BCUT2D eigenvalue weighted by Gasteiger charge is 2.19. The van der Waals surface area contributed by atoms with Crippen molar-refractivity contribution < 1.29 is 9.90 Å². The van der Waals surface area contributed by atoms with Crippen molar-refractivity contribution >= 4 is 29.2 Å². The highest BCUT2D eigenvalue weighted by Crippen LogP contribution is 2.32. The van der Waals surface area contributed by atoms with Crippen molar-refractivity contribution in [2.75, 3.05) is 0 Å². The molecule has 1 heterocycles. The van der Waals surface area contributed by atoms with Gasteiger partial charge in [0.1, 0.15) is 11.3 Å². The number of aromatic nitrogens is 2. The maximum Gasteiger partial charge on any atom is 0.339 e. The molecule has 0 fully saturated rings. The Hall–Kier alpha value is -1.52. The van der Waals surface area contributed by atoms with Crippen LogP contribution < -0.4 is 0 Å². The van der Waals surface area contributed by atoms with Crippen molar-refractivity contribution in [2.24, 2.45) is 5.92 Å². The molecule has 20 heavy (non-hydrogen) atoms. The van der Waals surface area contributed by atoms with E-state index < -0.39 is 5.97 Å². The minimum Gasteiger partial charge on any atom is -0.478 e. The summed E-state index contributed by atoms with van der Waals surface area (Å²) < 4.78 is 1.63. The van der Waals surface area contributed by atoms with Crippen LogP contribution in [0.1, 0.15) is 24.2 Å². The van der Waals surface area contributed by atoms with E-state index in [1.807, 2.05) is 13.8 Å². The standard InChI is InChI=1S/C14H14Cl2N2O2/c1-8(2)6-18-7-11(14(19)20)13(17-18)10-5-9(15)3-4-12(10)16/h3-5,7-8H,6H2,1-2H3,(H,19,20). The molecule has 0 spiro atoms. The zero-order valence-corrected chi connectivity index (χ0v) is 12.6. The summed E-state index contributed by atoms with van der Waals surface area (Å²) in [6, 6.07) is 4.91. The lowest BCUT2D eigenvalue weighted by Crippen LogP contribution is -2.04. The van der Waals surface area contributed by atoms with Crippen molar-refractivity contribution in [3.05, 3.63) is 40.0 Å². The highest BCUT2D eigenvalue weighted by molar-refractivity contribution is 6.35. The SMILES string of the molecule is CC(C)Cn1cc(C(=O)O)c(-c2cc(Cl)ccc2Cl)n1. The van der Waals surface area contributed by atoms with Crippen LogP contribution in [0, 0.1) is 5.92 Å². The van der Waals surface area contributed by atoms with Gasteiger partial charge in [0.25, 0.3) is 0 Å². The van der Waals surface area contributed by atoms with Gasteiger partial charge >= 0.3 is 5.97 Å². The third kappa shape index (κ3) is 3.14. The van der Waals surface area contributed by atoms with Gasteiger partial charge in [0.05, 0.1) is 5.02 Å². The molecule has 4 nitrogen and oxygen atoms in total. The lowest BCUT2D eigenvalue weighted by Gasteiger charge is -2.05. The van der Waals surface area contributed by atoms with Crippen molar-refractivity contribution in [3.63, 3.8) is 0 Å². The van der Waals surface area contributed by atoms with E-state index in [1.54, 1.807) is 22.9 Å². The third-order valence-electron chi connectivity index (χ3n) is 2.73. The van der Waals surface area contributed by atoms with E-state index in [2.05, 4.69) is 5.10 Å². The molecule has 2 aromatic rings. The van der Waals surface area contributed by atoms with Crippen LogP contribution in [-0.2, 0) is 6.54 Å². The molecule has 2 rings (SSSR count). The summed E-state index contributed by atoms with van der Waals surface area (Å²) in [4.78, 5) is 11.4. The highest BCUT2D eigenvalue weighted by atomic mass is 35.5. The van der Waals surface area contributed by atoms with Gasteiger partial charge in [-0.15, -0.1) is 0 Å². The van der Waals surface area contributed by atoms with Crippen LogP contribution >= 0.6 is 23.2 Å². The number of aromatic carboxylic acids is 1. The van der Waals surface area contributed by atoms with Gasteiger partial charge in [-0.1, -0.05) is 37.0 Å². The zero-order valence-electron chi connectivity index (χ0n) is 11.1. The summed E-state index contributed by atoms with van der Waals surface area (Å²) in [6.07, 6.45) is 1.52. The Morgan fingerprint density at radius 3 is 2.70 bits per heavy atom. The molecule has 0 bridgehead atoms. The van der Waals surface area contributed by atoms with Gasteiger partial charge in [-0.2, -0.15) is 5.10 Å². The molecule has 1 N–H and O–H groups in total. The first-order valence-corrected chi connectivity index (χ1v) is 6.90. The quantitative estimate of drug-likeness (QED) is 0.920. The molecule has 0 unspecified atom stereocenters. The number of hydrogen-bond acceptors (Lipinski definition) is 2. The molecule has 0 saturated heterocycles. The topological polar surface area (TPSA) is 55.1 Å². The molecule has 0 saturated carbocycles. The summed E-state index contributed by atoms with van der Waals surface area (Å²) in [5.41, 5.74) is 0.986. The number of carboxylic acid groups (broad SMARTS) is 1. The third-order valence-corrected chi connectivity index (χ3v) is 3.29. The van der Waals surface area contributed by atoms with E-state index in [1.165, 1.54) is 6.20 Å². The molecule has 0 aliphatic heterocycles. The maximum atomic E-state index is 11.4. The van der Waals surface area contributed by atoms with Crippen LogP contribution in [0.4, 0.5) is 0 Å². The monoisotopic (exact) mass is 312 g/mol. The first-order valence-electron chi connectivity index (χ1n) is 6.14. The van der Waals surface area contributed by atoms with Gasteiger partial charge in [0, 0.05) is 23.3 Å². The second kappa shape index (κ2) is 5.85. The molecular formula is C14H14Cl2N2O2. The van der Waals surface area contributed by atoms with Crippen LogP contribution in [0.15, 0.2) is 24.4 Å². The Kier molecular flexibility index (Phi) is 4.35. The molecule has 1 aromatic carbocycles. The number of carboxylic acids is 1. The molecule has 0 radical (unpaired) electrons. The first kappa shape index (κ1) is 14.9. The average Bonchev–Trinajstić information content (AvgIpc) is 2.75. The predicted molar refractivity (Wildman–Crippen MR) is 79.5 cm³/mol. The summed E-state index contributed by atoms with van der Waals surface area (Å²) in [5.74, 6) is -0.676. The summed E-state index contributed by atoms with van der Waals surface area (Å²) in [5, 5.41) is 14.5. The zero-order chi connectivity index (χ0) is 14.9. The minimum atomic E-state index is -1.04. The fraction of sp³-hybridized carbons (Fsp3) is 0.286. The first-order chi connectivity index (χ1) is 9.38. The molecule has 6 heteroatoms. The van der Waals surface area contributed by atoms with E-state index in [0.717, 1.165) is 0 Å². The molecule has 0 atom stereocenters. The lowest BCUT2D eigenvalue weighted by molar-refractivity contribution is 0.0697. The minimum absolute atomic E-state index is 0.120. The Morgan fingerprint density at radius 2 is 2.10 bits per heavy atom. The van der Waals surface area contributed by atoms with Crippen LogP contribution in [0.5, 0.6) is 0 Å². The Morgan fingerprint density at radius 1 is 1.40 bits per heavy atom. The Balaban J connectivity index is 2.56. The number of halogens is 2. The van der Waals surface area contributed by atoms with Crippen LogP contribution in [0.25, 0.3) is 11.3 Å². The summed E-state index contributed by atoms with van der Waals surface area (Å²) >= 11 is 12.1. The second-order valence-corrected chi connectivity index (χ2v) is 5.78. The second-order valence-electron chi connectivity index (χ2n) is 4.94. The summed E-state index contributed by atoms with van der Waals surface area (Å²) in [7, 11) is 0. The van der Waals surface area contributed by atoms with E-state index in [9.17, 15) is 9.90 Å². The van der Waals surface area contributed by atoms with Crippen molar-refractivity contribution in [1.82, 2.24) is 9.78 Å². The van der Waals surface area contributed by atoms with Crippen molar-refractivity contribution in [1.29, 1.82) is 0 Å². The van der Waals surface area contributed by atoms with E-state index in [0.29, 0.717) is 33.8 Å². The summed E-state index contributed by atoms with van der Waals surface area (Å²) in [6.45, 7) is 4.71. The molecular weight excluding hydrogens is 299 g/mol. The molecule has 1 aromatic heterocycles.